The van der Waals surface area contributed by atoms with Crippen LogP contribution in [0.1, 0.15) is 101 Å². The fraction of sp³-hybridized carbons (Fsp3) is 0.973. The van der Waals surface area contributed by atoms with Gasteiger partial charge in [0.25, 0.3) is 0 Å². The lowest BCUT2D eigenvalue weighted by Crippen LogP contribution is -2.59. The van der Waals surface area contributed by atoms with Crippen molar-refractivity contribution in [2.45, 2.75) is 185 Å². The van der Waals surface area contributed by atoms with Gasteiger partial charge in [-0.15, -0.1) is 0 Å². The first kappa shape index (κ1) is 43.4. The average molecular weight is 719 g/mol. The van der Waals surface area contributed by atoms with Gasteiger partial charge in [-0.25, -0.2) is 0 Å². The van der Waals surface area contributed by atoms with Crippen LogP contribution in [0.2, 0.25) is 0 Å². The van der Waals surface area contributed by atoms with Crippen molar-refractivity contribution < 1.29 is 53.6 Å². The Balaban J connectivity index is 2.11. The summed E-state index contributed by atoms with van der Waals surface area (Å²) in [6.45, 7) is 16.5. The highest BCUT2D eigenvalue weighted by Gasteiger charge is 2.51. The first-order valence-corrected chi connectivity index (χ1v) is 18.6. The van der Waals surface area contributed by atoms with E-state index in [1.54, 1.807) is 34.6 Å². The highest BCUT2D eigenvalue weighted by Crippen LogP contribution is 2.39. The van der Waals surface area contributed by atoms with Crippen molar-refractivity contribution in [2.75, 3.05) is 34.8 Å². The summed E-state index contributed by atoms with van der Waals surface area (Å²) in [6.07, 6.45) is -4.37. The van der Waals surface area contributed by atoms with E-state index < -0.39 is 89.9 Å². The Kier molecular flexibility index (Phi) is 15.2. The van der Waals surface area contributed by atoms with Gasteiger partial charge in [0, 0.05) is 38.0 Å². The van der Waals surface area contributed by atoms with Crippen molar-refractivity contribution in [3.8, 4) is 0 Å². The number of likely N-dealkylation sites (N-methyl/N-ethyl adjacent to an activating group) is 1. The molecule has 3 aliphatic heterocycles. The molecular formula is C37H70N2O11. The van der Waals surface area contributed by atoms with Crippen LogP contribution < -0.4 is 0 Å². The first-order chi connectivity index (χ1) is 23.1. The second kappa shape index (κ2) is 17.4. The van der Waals surface area contributed by atoms with Gasteiger partial charge in [-0.3, -0.25) is 4.79 Å². The molecule has 0 aromatic heterocycles. The molecular weight excluding hydrogens is 648 g/mol. The summed E-state index contributed by atoms with van der Waals surface area (Å²) >= 11 is 0. The molecule has 0 radical (unpaired) electrons. The Bertz CT molecular complexity index is 1080. The van der Waals surface area contributed by atoms with Crippen LogP contribution in [0.3, 0.4) is 0 Å². The minimum atomic E-state index is -1.76. The van der Waals surface area contributed by atoms with Gasteiger partial charge in [0.2, 0.25) is 0 Å². The van der Waals surface area contributed by atoms with Crippen molar-refractivity contribution in [3.05, 3.63) is 0 Å². The SMILES string of the molecule is CC[C@H]1OC(=O)[C@H](C)[C@@H](OC2C[C@](C)(OC)[C@H](O)C(C)O2)[C@H](C)[C@@H](OC2C[C@H](N(C)C)CC(C)O2)[C@](C)(O)CCCN(C)[C@H](C)[C@@H](O)[C@]1(C)O. The van der Waals surface area contributed by atoms with Crippen LogP contribution in [0, 0.1) is 11.8 Å². The van der Waals surface area contributed by atoms with Gasteiger partial charge in [0.15, 0.2) is 12.6 Å². The molecule has 0 spiro atoms. The number of nitrogens with zero attached hydrogens (tertiary/aromatic N) is 2. The van der Waals surface area contributed by atoms with Crippen LogP contribution in [0.4, 0.5) is 0 Å². The largest absolute Gasteiger partial charge is 0.459 e. The van der Waals surface area contributed by atoms with Gasteiger partial charge in [-0.05, 0) is 102 Å². The molecule has 0 aromatic rings. The van der Waals surface area contributed by atoms with Gasteiger partial charge in [-0.1, -0.05) is 13.8 Å². The monoisotopic (exact) mass is 718 g/mol. The molecule has 3 saturated heterocycles. The van der Waals surface area contributed by atoms with Gasteiger partial charge in [0.05, 0.1) is 41.5 Å². The number of cyclic esters (lactones) is 1. The van der Waals surface area contributed by atoms with E-state index in [4.69, 9.17) is 28.4 Å². The third-order valence-corrected chi connectivity index (χ3v) is 12.0. The van der Waals surface area contributed by atoms with Crippen LogP contribution in [0.15, 0.2) is 0 Å². The third-order valence-electron chi connectivity index (χ3n) is 12.0. The van der Waals surface area contributed by atoms with E-state index in [9.17, 15) is 25.2 Å². The van der Waals surface area contributed by atoms with Gasteiger partial charge >= 0.3 is 5.97 Å². The normalized spacial score (nSPS) is 48.1. The van der Waals surface area contributed by atoms with Crippen LogP contribution >= 0.6 is 0 Å². The Morgan fingerprint density at radius 1 is 0.960 bits per heavy atom. The maximum Gasteiger partial charge on any atom is 0.311 e. The van der Waals surface area contributed by atoms with E-state index in [0.29, 0.717) is 25.8 Å². The van der Waals surface area contributed by atoms with Crippen LogP contribution in [-0.4, -0.2) is 155 Å². The predicted octanol–water partition coefficient (Wildman–Crippen LogP) is 2.68. The fourth-order valence-electron chi connectivity index (χ4n) is 8.17. The highest BCUT2D eigenvalue weighted by molar-refractivity contribution is 5.73. The van der Waals surface area contributed by atoms with E-state index in [-0.39, 0.29) is 25.0 Å². The number of hydrogen-bond donors (Lipinski definition) is 4. The number of rotatable bonds is 7. The van der Waals surface area contributed by atoms with Crippen LogP contribution in [0.5, 0.6) is 0 Å². The van der Waals surface area contributed by atoms with Gasteiger partial charge in [-0.2, -0.15) is 0 Å². The topological polar surface area (TPSA) is 160 Å². The molecule has 0 bridgehead atoms. The number of ether oxygens (including phenoxy) is 6. The summed E-state index contributed by atoms with van der Waals surface area (Å²) in [6, 6.07) is -0.272. The quantitative estimate of drug-likeness (QED) is 0.285. The molecule has 0 aromatic carbocycles. The second-order valence-electron chi connectivity index (χ2n) is 16.4. The Morgan fingerprint density at radius 2 is 1.60 bits per heavy atom. The fourth-order valence-corrected chi connectivity index (χ4v) is 8.17. The molecule has 0 saturated carbocycles. The number of carbonyl (C=O) groups is 1. The number of aliphatic hydroxyl groups is 4. The molecule has 3 rings (SSSR count). The average Bonchev–Trinajstić information content (AvgIpc) is 3.04. The molecule has 4 unspecified atom stereocenters. The molecule has 0 aliphatic carbocycles. The second-order valence-corrected chi connectivity index (χ2v) is 16.4. The smallest absolute Gasteiger partial charge is 0.311 e. The number of esters is 1. The van der Waals surface area contributed by atoms with Crippen molar-refractivity contribution in [2.24, 2.45) is 11.8 Å². The van der Waals surface area contributed by atoms with E-state index in [1.165, 1.54) is 14.0 Å². The molecule has 50 heavy (non-hydrogen) atoms. The zero-order valence-corrected chi connectivity index (χ0v) is 33.0. The summed E-state index contributed by atoms with van der Waals surface area (Å²) in [5.41, 5.74) is -4.14. The van der Waals surface area contributed by atoms with E-state index in [1.807, 2.05) is 46.8 Å². The predicted molar refractivity (Wildman–Crippen MR) is 188 cm³/mol. The van der Waals surface area contributed by atoms with Crippen molar-refractivity contribution >= 4 is 5.97 Å². The molecule has 3 heterocycles. The van der Waals surface area contributed by atoms with Crippen LogP contribution in [0.25, 0.3) is 0 Å². The standard InChI is InChI=1S/C37H70N2O11/c1-14-27-37(9,44)31(40)24(5)39(12)17-15-16-35(7,43)33(50-28-19-26(38(10)11)18-21(2)46-28)22(3)30(23(4)34(42)48-27)49-29-20-36(8,45-13)32(41)25(6)47-29/h21-33,40-41,43-44H,14-20H2,1-13H3/t21?,22-,23+,24+,25?,26+,27+,28?,29?,30-,31+,32+,33+,35+,36-,37+/m0/s1. The van der Waals surface area contributed by atoms with E-state index in [2.05, 4.69) is 4.90 Å². The summed E-state index contributed by atoms with van der Waals surface area (Å²) in [5.74, 6) is -2.18. The number of hydrogen-bond acceptors (Lipinski definition) is 13. The summed E-state index contributed by atoms with van der Waals surface area (Å²) in [5, 5.41) is 46.3. The lowest BCUT2D eigenvalue weighted by molar-refractivity contribution is -0.308. The van der Waals surface area contributed by atoms with E-state index >= 15 is 0 Å². The van der Waals surface area contributed by atoms with Crippen molar-refractivity contribution in [1.82, 2.24) is 9.80 Å². The van der Waals surface area contributed by atoms with Gasteiger partial charge in [0.1, 0.15) is 23.9 Å². The van der Waals surface area contributed by atoms with Crippen LogP contribution in [-0.2, 0) is 33.2 Å². The first-order valence-electron chi connectivity index (χ1n) is 18.6. The number of methoxy groups -OCH3 is 1. The Morgan fingerprint density at radius 3 is 2.18 bits per heavy atom. The lowest BCUT2D eigenvalue weighted by Gasteiger charge is -2.48. The number of carbonyl (C=O) groups excluding carboxylic acids is 1. The lowest BCUT2D eigenvalue weighted by atomic mass is 9.79. The minimum absolute atomic E-state index is 0.0692. The Labute approximate surface area is 300 Å². The molecule has 16 atom stereocenters. The van der Waals surface area contributed by atoms with Crippen molar-refractivity contribution in [3.63, 3.8) is 0 Å². The molecule has 13 heteroatoms. The molecule has 4 N–H and O–H groups in total. The minimum Gasteiger partial charge on any atom is -0.459 e. The summed E-state index contributed by atoms with van der Waals surface area (Å²) in [7, 11) is 7.46. The third kappa shape index (κ3) is 9.96. The summed E-state index contributed by atoms with van der Waals surface area (Å²) in [4.78, 5) is 18.2. The highest BCUT2D eigenvalue weighted by atomic mass is 16.7. The molecule has 3 fully saturated rings. The molecule has 13 nitrogen and oxygen atoms in total. The van der Waals surface area contributed by atoms with E-state index in [0.717, 1.165) is 6.42 Å². The summed E-state index contributed by atoms with van der Waals surface area (Å²) < 4.78 is 37.7. The zero-order valence-electron chi connectivity index (χ0n) is 33.0. The molecule has 3 aliphatic rings. The Hall–Kier alpha value is -0.970. The van der Waals surface area contributed by atoms with Crippen molar-refractivity contribution in [1.29, 1.82) is 0 Å². The van der Waals surface area contributed by atoms with Gasteiger partial charge < -0.3 is 58.6 Å². The number of aliphatic hydroxyl groups excluding tert-OH is 2. The maximum atomic E-state index is 14.1. The zero-order chi connectivity index (χ0) is 37.9. The maximum absolute atomic E-state index is 14.1. The molecule has 294 valence electrons. The molecule has 0 amide bonds.